The smallest absolute Gasteiger partial charge is 0.0167 e. The molecule has 2 heteroatoms. The lowest BCUT2D eigenvalue weighted by Gasteiger charge is -2.21. The molecule has 0 aromatic heterocycles. The third kappa shape index (κ3) is 4.43. The Morgan fingerprint density at radius 1 is 1.50 bits per heavy atom. The molecule has 0 bridgehead atoms. The number of nitrogens with zero attached hydrogens (tertiary/aromatic N) is 1. The standard InChI is InChI=1S/C12H26N2/c1-4-5-6-12(13)9-14(3)8-11-7-10(11)2/h10-12H,4-9,13H2,1-3H3. The molecule has 0 aromatic carbocycles. The highest BCUT2D eigenvalue weighted by molar-refractivity contribution is 4.85. The molecule has 0 saturated heterocycles. The largest absolute Gasteiger partial charge is 0.327 e. The van der Waals surface area contributed by atoms with Crippen molar-refractivity contribution in [3.63, 3.8) is 0 Å². The van der Waals surface area contributed by atoms with Gasteiger partial charge in [-0.1, -0.05) is 26.7 Å². The zero-order valence-corrected chi connectivity index (χ0v) is 10.00. The van der Waals surface area contributed by atoms with E-state index in [1.54, 1.807) is 0 Å². The number of unbranched alkanes of at least 4 members (excludes halogenated alkanes) is 1. The van der Waals surface area contributed by atoms with Gasteiger partial charge in [-0.05, 0) is 31.7 Å². The lowest BCUT2D eigenvalue weighted by Crippen LogP contribution is -2.36. The van der Waals surface area contributed by atoms with E-state index < -0.39 is 0 Å². The minimum Gasteiger partial charge on any atom is -0.327 e. The van der Waals surface area contributed by atoms with Crippen molar-refractivity contribution in [1.29, 1.82) is 0 Å². The van der Waals surface area contributed by atoms with Gasteiger partial charge < -0.3 is 10.6 Å². The van der Waals surface area contributed by atoms with Crippen LogP contribution in [0.3, 0.4) is 0 Å². The van der Waals surface area contributed by atoms with E-state index in [-0.39, 0.29) is 0 Å². The van der Waals surface area contributed by atoms with Crippen LogP contribution in [0.25, 0.3) is 0 Å². The van der Waals surface area contributed by atoms with Crippen molar-refractivity contribution in [2.24, 2.45) is 17.6 Å². The molecule has 0 spiro atoms. The molecule has 1 fully saturated rings. The Morgan fingerprint density at radius 2 is 2.14 bits per heavy atom. The summed E-state index contributed by atoms with van der Waals surface area (Å²) >= 11 is 0. The molecule has 0 aromatic rings. The van der Waals surface area contributed by atoms with E-state index in [9.17, 15) is 0 Å². The molecule has 1 rings (SSSR count). The summed E-state index contributed by atoms with van der Waals surface area (Å²) in [5.74, 6) is 1.92. The normalized spacial score (nSPS) is 28.1. The highest BCUT2D eigenvalue weighted by Gasteiger charge is 2.33. The maximum atomic E-state index is 6.05. The first-order valence-electron chi connectivity index (χ1n) is 6.07. The third-order valence-electron chi connectivity index (χ3n) is 3.30. The molecule has 0 heterocycles. The Morgan fingerprint density at radius 3 is 2.64 bits per heavy atom. The van der Waals surface area contributed by atoms with Crippen molar-refractivity contribution in [2.75, 3.05) is 20.1 Å². The Hall–Kier alpha value is -0.0800. The summed E-state index contributed by atoms with van der Waals surface area (Å²) in [5.41, 5.74) is 6.05. The summed E-state index contributed by atoms with van der Waals surface area (Å²) in [7, 11) is 2.21. The van der Waals surface area contributed by atoms with Gasteiger partial charge in [-0.3, -0.25) is 0 Å². The molecule has 2 N–H and O–H groups in total. The van der Waals surface area contributed by atoms with Crippen LogP contribution in [0.1, 0.15) is 39.5 Å². The molecule has 84 valence electrons. The highest BCUT2D eigenvalue weighted by Crippen LogP contribution is 2.37. The van der Waals surface area contributed by atoms with Crippen molar-refractivity contribution < 1.29 is 0 Å². The Labute approximate surface area is 88.8 Å². The van der Waals surface area contributed by atoms with E-state index in [2.05, 4.69) is 25.8 Å². The van der Waals surface area contributed by atoms with Gasteiger partial charge in [-0.25, -0.2) is 0 Å². The van der Waals surface area contributed by atoms with Crippen molar-refractivity contribution in [3.8, 4) is 0 Å². The van der Waals surface area contributed by atoms with Gasteiger partial charge in [0.05, 0.1) is 0 Å². The fourth-order valence-corrected chi connectivity index (χ4v) is 2.09. The van der Waals surface area contributed by atoms with Crippen molar-refractivity contribution in [2.45, 2.75) is 45.6 Å². The van der Waals surface area contributed by atoms with Gasteiger partial charge in [0.1, 0.15) is 0 Å². The first kappa shape index (κ1) is 12.0. The molecule has 2 nitrogen and oxygen atoms in total. The lowest BCUT2D eigenvalue weighted by molar-refractivity contribution is 0.287. The summed E-state index contributed by atoms with van der Waals surface area (Å²) in [6.45, 7) is 6.89. The predicted molar refractivity (Wildman–Crippen MR) is 62.3 cm³/mol. The Bertz CT molecular complexity index is 158. The predicted octanol–water partition coefficient (Wildman–Crippen LogP) is 2.09. The molecule has 0 amide bonds. The van der Waals surface area contributed by atoms with Crippen LogP contribution in [-0.2, 0) is 0 Å². The summed E-state index contributed by atoms with van der Waals surface area (Å²) < 4.78 is 0. The van der Waals surface area contributed by atoms with Gasteiger partial charge in [0.25, 0.3) is 0 Å². The second-order valence-corrected chi connectivity index (χ2v) is 5.10. The molecular weight excluding hydrogens is 172 g/mol. The first-order chi connectivity index (χ1) is 6.63. The van der Waals surface area contributed by atoms with Crippen LogP contribution in [-0.4, -0.2) is 31.1 Å². The van der Waals surface area contributed by atoms with E-state index in [0.29, 0.717) is 6.04 Å². The fraction of sp³-hybridized carbons (Fsp3) is 1.00. The van der Waals surface area contributed by atoms with Gasteiger partial charge in [0.2, 0.25) is 0 Å². The average Bonchev–Trinajstić information content (AvgIpc) is 2.77. The summed E-state index contributed by atoms with van der Waals surface area (Å²) in [5, 5.41) is 0. The number of likely N-dealkylation sites (N-methyl/N-ethyl adjacent to an activating group) is 1. The highest BCUT2D eigenvalue weighted by atomic mass is 15.1. The van der Waals surface area contributed by atoms with Crippen LogP contribution >= 0.6 is 0 Å². The van der Waals surface area contributed by atoms with Crippen LogP contribution < -0.4 is 5.73 Å². The Balaban J connectivity index is 2.03. The van der Waals surface area contributed by atoms with Gasteiger partial charge in [0, 0.05) is 19.1 Å². The van der Waals surface area contributed by atoms with E-state index in [0.717, 1.165) is 18.4 Å². The maximum Gasteiger partial charge on any atom is 0.0167 e. The number of hydrogen-bond donors (Lipinski definition) is 1. The summed E-state index contributed by atoms with van der Waals surface area (Å²) in [6, 6.07) is 0.383. The van der Waals surface area contributed by atoms with Crippen LogP contribution in [0.15, 0.2) is 0 Å². The van der Waals surface area contributed by atoms with E-state index in [1.165, 1.54) is 32.2 Å². The van der Waals surface area contributed by atoms with Crippen LogP contribution in [0.4, 0.5) is 0 Å². The topological polar surface area (TPSA) is 29.3 Å². The van der Waals surface area contributed by atoms with Crippen LogP contribution in [0.5, 0.6) is 0 Å². The van der Waals surface area contributed by atoms with Crippen LogP contribution in [0, 0.1) is 11.8 Å². The number of rotatable bonds is 7. The van der Waals surface area contributed by atoms with Gasteiger partial charge in [-0.2, -0.15) is 0 Å². The third-order valence-corrected chi connectivity index (χ3v) is 3.30. The van der Waals surface area contributed by atoms with E-state index >= 15 is 0 Å². The van der Waals surface area contributed by atoms with Gasteiger partial charge in [-0.15, -0.1) is 0 Å². The number of hydrogen-bond acceptors (Lipinski definition) is 2. The summed E-state index contributed by atoms with van der Waals surface area (Å²) in [6.07, 6.45) is 5.14. The maximum absolute atomic E-state index is 6.05. The van der Waals surface area contributed by atoms with Gasteiger partial charge in [0.15, 0.2) is 0 Å². The SMILES string of the molecule is CCCCC(N)CN(C)CC1CC1C. The first-order valence-corrected chi connectivity index (χ1v) is 6.07. The quantitative estimate of drug-likeness (QED) is 0.679. The van der Waals surface area contributed by atoms with Crippen molar-refractivity contribution in [1.82, 2.24) is 4.90 Å². The minimum atomic E-state index is 0.383. The molecule has 1 aliphatic rings. The zero-order chi connectivity index (χ0) is 10.6. The van der Waals surface area contributed by atoms with E-state index in [1.807, 2.05) is 0 Å². The lowest BCUT2D eigenvalue weighted by atomic mass is 10.1. The second-order valence-electron chi connectivity index (χ2n) is 5.10. The van der Waals surface area contributed by atoms with Crippen molar-refractivity contribution >= 4 is 0 Å². The van der Waals surface area contributed by atoms with Crippen LogP contribution in [0.2, 0.25) is 0 Å². The minimum absolute atomic E-state index is 0.383. The number of nitrogens with two attached hydrogens (primary N) is 1. The molecule has 0 radical (unpaired) electrons. The molecule has 0 aliphatic heterocycles. The average molecular weight is 198 g/mol. The molecule has 1 aliphatic carbocycles. The second kappa shape index (κ2) is 5.72. The zero-order valence-electron chi connectivity index (χ0n) is 10.00. The monoisotopic (exact) mass is 198 g/mol. The molecule has 3 unspecified atom stereocenters. The molecular formula is C12H26N2. The Kier molecular flexibility index (Phi) is 4.90. The summed E-state index contributed by atoms with van der Waals surface area (Å²) in [4.78, 5) is 2.41. The fourth-order valence-electron chi connectivity index (χ4n) is 2.09. The molecule has 3 atom stereocenters. The van der Waals surface area contributed by atoms with Crippen molar-refractivity contribution in [3.05, 3.63) is 0 Å². The van der Waals surface area contributed by atoms with E-state index in [4.69, 9.17) is 5.73 Å². The van der Waals surface area contributed by atoms with Gasteiger partial charge >= 0.3 is 0 Å². The molecule has 1 saturated carbocycles. The molecule has 14 heavy (non-hydrogen) atoms.